The fraction of sp³-hybridized carbons (Fsp3) is 0.600. The molecule has 0 aromatic heterocycles. The van der Waals surface area contributed by atoms with Gasteiger partial charge in [0.15, 0.2) is 0 Å². The van der Waals surface area contributed by atoms with E-state index in [9.17, 15) is 5.11 Å². The molecule has 96 valence electrons. The highest BCUT2D eigenvalue weighted by atomic mass is 35.5. The second-order valence-corrected chi connectivity index (χ2v) is 5.50. The highest BCUT2D eigenvalue weighted by Crippen LogP contribution is 2.31. The average molecular weight is 255 g/mol. The van der Waals surface area contributed by atoms with E-state index in [1.54, 1.807) is 0 Å². The van der Waals surface area contributed by atoms with Gasteiger partial charge in [-0.1, -0.05) is 50.6 Å². The van der Waals surface area contributed by atoms with Gasteiger partial charge in [0.1, 0.15) is 0 Å². The first-order valence-corrected chi connectivity index (χ1v) is 6.96. The molecular weight excluding hydrogens is 232 g/mol. The van der Waals surface area contributed by atoms with Crippen molar-refractivity contribution in [3.8, 4) is 0 Å². The Labute approximate surface area is 110 Å². The van der Waals surface area contributed by atoms with Crippen LogP contribution >= 0.6 is 11.6 Å². The van der Waals surface area contributed by atoms with Gasteiger partial charge in [0.25, 0.3) is 0 Å². The van der Waals surface area contributed by atoms with Crippen molar-refractivity contribution in [1.29, 1.82) is 0 Å². The maximum atomic E-state index is 10.7. The second kappa shape index (κ2) is 7.03. The van der Waals surface area contributed by atoms with E-state index in [0.717, 1.165) is 24.8 Å². The first-order valence-electron chi connectivity index (χ1n) is 6.42. The van der Waals surface area contributed by atoms with E-state index in [1.165, 1.54) is 0 Å². The van der Waals surface area contributed by atoms with Crippen molar-refractivity contribution >= 4 is 11.6 Å². The lowest BCUT2D eigenvalue weighted by Crippen LogP contribution is -2.26. The lowest BCUT2D eigenvalue weighted by molar-refractivity contribution is 0.0209. The molecule has 0 heterocycles. The maximum Gasteiger partial charge on any atom is 0.0907 e. The number of hydrogen-bond acceptors (Lipinski definition) is 1. The number of alkyl halides is 1. The molecule has 0 amide bonds. The summed E-state index contributed by atoms with van der Waals surface area (Å²) in [6, 6.07) is 9.89. The molecule has 0 aliphatic rings. The number of halogens is 1. The Kier molecular flexibility index (Phi) is 6.01. The number of rotatable bonds is 7. The zero-order chi connectivity index (χ0) is 12.7. The summed E-state index contributed by atoms with van der Waals surface area (Å²) in [5, 5.41) is 10.7. The summed E-state index contributed by atoms with van der Waals surface area (Å²) in [5.41, 5.74) is 0.238. The fourth-order valence-corrected chi connectivity index (χ4v) is 2.43. The summed E-state index contributed by atoms with van der Waals surface area (Å²) in [6.45, 7) is 4.42. The molecule has 1 atom stereocenters. The molecule has 1 aromatic carbocycles. The second-order valence-electron chi connectivity index (χ2n) is 5.12. The number of aliphatic hydroxyl groups is 1. The molecule has 0 saturated heterocycles. The molecule has 0 spiro atoms. The molecule has 1 N–H and O–H groups in total. The van der Waals surface area contributed by atoms with Gasteiger partial charge in [-0.05, 0) is 30.7 Å². The van der Waals surface area contributed by atoms with Gasteiger partial charge in [-0.3, -0.25) is 0 Å². The maximum absolute atomic E-state index is 10.7. The van der Waals surface area contributed by atoms with Crippen LogP contribution in [0.5, 0.6) is 0 Å². The van der Waals surface area contributed by atoms with Gasteiger partial charge in [-0.2, -0.15) is 0 Å². The van der Waals surface area contributed by atoms with E-state index >= 15 is 0 Å². The average Bonchev–Trinajstić information content (AvgIpc) is 2.30. The summed E-state index contributed by atoms with van der Waals surface area (Å²) in [7, 11) is 0. The lowest BCUT2D eigenvalue weighted by atomic mass is 9.85. The minimum Gasteiger partial charge on any atom is -0.385 e. The minimum absolute atomic E-state index is 0.493. The van der Waals surface area contributed by atoms with Crippen molar-refractivity contribution in [3.05, 3.63) is 35.9 Å². The Hall–Kier alpha value is -0.530. The normalized spacial score (nSPS) is 14.9. The van der Waals surface area contributed by atoms with E-state index in [4.69, 9.17) is 11.6 Å². The highest BCUT2D eigenvalue weighted by Gasteiger charge is 2.27. The van der Waals surface area contributed by atoms with Gasteiger partial charge in [0.2, 0.25) is 0 Å². The molecule has 1 aromatic rings. The molecule has 0 aliphatic heterocycles. The molecular formula is C15H23ClO. The van der Waals surface area contributed by atoms with Crippen LogP contribution in [-0.2, 0) is 5.60 Å². The zero-order valence-corrected chi connectivity index (χ0v) is 11.6. The summed E-state index contributed by atoms with van der Waals surface area (Å²) in [5.74, 6) is 1.18. The lowest BCUT2D eigenvalue weighted by Gasteiger charge is -2.28. The van der Waals surface area contributed by atoms with Crippen LogP contribution in [-0.4, -0.2) is 11.0 Å². The van der Waals surface area contributed by atoms with Crippen molar-refractivity contribution in [2.75, 3.05) is 5.88 Å². The van der Waals surface area contributed by atoms with Crippen molar-refractivity contribution in [1.82, 2.24) is 0 Å². The number of benzene rings is 1. The van der Waals surface area contributed by atoms with Gasteiger partial charge < -0.3 is 5.11 Å². The topological polar surface area (TPSA) is 20.2 Å². The van der Waals surface area contributed by atoms with Gasteiger partial charge in [0, 0.05) is 5.88 Å². The third-order valence-corrected chi connectivity index (χ3v) is 3.38. The Bertz CT molecular complexity index is 310. The van der Waals surface area contributed by atoms with E-state index in [1.807, 2.05) is 30.3 Å². The monoisotopic (exact) mass is 254 g/mol. The molecule has 1 nitrogen and oxygen atoms in total. The van der Waals surface area contributed by atoms with Crippen LogP contribution in [0.15, 0.2) is 30.3 Å². The van der Waals surface area contributed by atoms with Crippen LogP contribution in [0.1, 0.15) is 45.1 Å². The van der Waals surface area contributed by atoms with Gasteiger partial charge >= 0.3 is 0 Å². The largest absolute Gasteiger partial charge is 0.385 e. The van der Waals surface area contributed by atoms with Crippen molar-refractivity contribution in [2.24, 2.45) is 5.92 Å². The zero-order valence-electron chi connectivity index (χ0n) is 10.8. The number of hydrogen-bond donors (Lipinski definition) is 1. The molecule has 1 rings (SSSR count). The Morgan fingerprint density at radius 2 is 1.82 bits per heavy atom. The Morgan fingerprint density at radius 1 is 1.18 bits per heavy atom. The van der Waals surface area contributed by atoms with E-state index < -0.39 is 5.60 Å². The fourth-order valence-electron chi connectivity index (χ4n) is 2.12. The molecule has 1 unspecified atom stereocenters. The molecule has 0 bridgehead atoms. The van der Waals surface area contributed by atoms with Crippen molar-refractivity contribution < 1.29 is 5.11 Å². The molecule has 0 radical (unpaired) electrons. The minimum atomic E-state index is -0.752. The van der Waals surface area contributed by atoms with E-state index in [2.05, 4.69) is 13.8 Å². The Morgan fingerprint density at radius 3 is 2.35 bits per heavy atom. The van der Waals surface area contributed by atoms with Crippen molar-refractivity contribution in [2.45, 2.75) is 45.1 Å². The highest BCUT2D eigenvalue weighted by molar-refractivity contribution is 6.17. The summed E-state index contributed by atoms with van der Waals surface area (Å²) >= 11 is 5.82. The molecule has 0 aliphatic carbocycles. The standard InChI is InChI=1S/C15H23ClO/c1-13(2)7-6-10-15(17,11-12-16)14-8-4-3-5-9-14/h3-5,8-9,13,17H,6-7,10-12H2,1-2H3. The van der Waals surface area contributed by atoms with Crippen molar-refractivity contribution in [3.63, 3.8) is 0 Å². The third-order valence-electron chi connectivity index (χ3n) is 3.19. The van der Waals surface area contributed by atoms with Crippen LogP contribution in [0.4, 0.5) is 0 Å². The summed E-state index contributed by atoms with van der Waals surface area (Å²) in [6.07, 6.45) is 3.61. The quantitative estimate of drug-likeness (QED) is 0.718. The van der Waals surface area contributed by atoms with Crippen LogP contribution < -0.4 is 0 Å². The SMILES string of the molecule is CC(C)CCCC(O)(CCCl)c1ccccc1. The van der Waals surface area contributed by atoms with Crippen LogP contribution in [0.25, 0.3) is 0 Å². The first-order chi connectivity index (χ1) is 8.08. The van der Waals surface area contributed by atoms with Gasteiger partial charge in [-0.25, -0.2) is 0 Å². The molecule has 2 heteroatoms. The smallest absolute Gasteiger partial charge is 0.0907 e. The summed E-state index contributed by atoms with van der Waals surface area (Å²) < 4.78 is 0. The van der Waals surface area contributed by atoms with Crippen LogP contribution in [0, 0.1) is 5.92 Å². The predicted molar refractivity (Wildman–Crippen MR) is 74.4 cm³/mol. The van der Waals surface area contributed by atoms with Gasteiger partial charge in [0.05, 0.1) is 5.60 Å². The first kappa shape index (κ1) is 14.5. The molecule has 0 fully saturated rings. The predicted octanol–water partition coefficient (Wildman–Crippen LogP) is 4.33. The van der Waals surface area contributed by atoms with Crippen LogP contribution in [0.2, 0.25) is 0 Å². The Balaban J connectivity index is 2.68. The van der Waals surface area contributed by atoms with Gasteiger partial charge in [-0.15, -0.1) is 11.6 Å². The third kappa shape index (κ3) is 4.69. The van der Waals surface area contributed by atoms with Crippen LogP contribution in [0.3, 0.4) is 0 Å². The van der Waals surface area contributed by atoms with E-state index in [-0.39, 0.29) is 0 Å². The van der Waals surface area contributed by atoms with E-state index in [0.29, 0.717) is 18.2 Å². The molecule has 17 heavy (non-hydrogen) atoms. The molecule has 0 saturated carbocycles. The summed E-state index contributed by atoms with van der Waals surface area (Å²) in [4.78, 5) is 0.